The Bertz CT molecular complexity index is 759. The minimum atomic E-state index is -0.673. The molecule has 1 fully saturated rings. The Morgan fingerprint density at radius 1 is 1.28 bits per heavy atom. The van der Waals surface area contributed by atoms with Gasteiger partial charge in [0, 0.05) is 18.8 Å². The summed E-state index contributed by atoms with van der Waals surface area (Å²) in [6.07, 6.45) is 0. The molecule has 1 aliphatic rings. The average molecular weight is 365 g/mol. The fraction of sp³-hybridized carbons (Fsp3) is 0.278. The minimum Gasteiger partial charge on any atom is -0.495 e. The number of amides is 1. The maximum absolute atomic E-state index is 14.0. The summed E-state index contributed by atoms with van der Waals surface area (Å²) in [7, 11) is 1.51. The zero-order chi connectivity index (χ0) is 17.8. The smallest absolute Gasteiger partial charge is 0.260 e. The number of carbonyl (C=O) groups excluding carboxylic acids is 1. The Balaban J connectivity index is 1.88. The molecule has 7 heteroatoms. The predicted octanol–water partition coefficient (Wildman–Crippen LogP) is 3.58. The van der Waals surface area contributed by atoms with E-state index in [1.54, 1.807) is 12.1 Å². The lowest BCUT2D eigenvalue weighted by molar-refractivity contribution is 0.102. The number of benzene rings is 2. The second kappa shape index (κ2) is 7.72. The Hall–Kier alpha value is -2.31. The van der Waals surface area contributed by atoms with Gasteiger partial charge in [0.2, 0.25) is 0 Å². The van der Waals surface area contributed by atoms with Crippen molar-refractivity contribution in [3.63, 3.8) is 0 Å². The van der Waals surface area contributed by atoms with Gasteiger partial charge >= 0.3 is 0 Å². The first-order valence-electron chi connectivity index (χ1n) is 7.86. The van der Waals surface area contributed by atoms with Gasteiger partial charge in [0.15, 0.2) is 0 Å². The zero-order valence-electron chi connectivity index (χ0n) is 13.7. The van der Waals surface area contributed by atoms with E-state index in [4.69, 9.17) is 21.1 Å². The van der Waals surface area contributed by atoms with Crippen LogP contribution in [0.25, 0.3) is 0 Å². The highest BCUT2D eigenvalue weighted by atomic mass is 35.5. The van der Waals surface area contributed by atoms with Crippen LogP contribution in [0.2, 0.25) is 5.02 Å². The van der Waals surface area contributed by atoms with Gasteiger partial charge in [0.1, 0.15) is 11.6 Å². The molecule has 0 bridgehead atoms. The van der Waals surface area contributed by atoms with Crippen LogP contribution < -0.4 is 15.0 Å². The predicted molar refractivity (Wildman–Crippen MR) is 95.4 cm³/mol. The molecular formula is C18H18ClFN2O3. The van der Waals surface area contributed by atoms with E-state index in [9.17, 15) is 9.18 Å². The summed E-state index contributed by atoms with van der Waals surface area (Å²) in [5.74, 6) is -0.813. The van der Waals surface area contributed by atoms with E-state index in [-0.39, 0.29) is 10.6 Å². The highest BCUT2D eigenvalue weighted by Gasteiger charge is 2.19. The summed E-state index contributed by atoms with van der Waals surface area (Å²) in [5, 5.41) is 2.75. The molecule has 132 valence electrons. The molecule has 0 atom stereocenters. The Labute approximate surface area is 150 Å². The topological polar surface area (TPSA) is 50.8 Å². The van der Waals surface area contributed by atoms with Gasteiger partial charge in [-0.3, -0.25) is 4.79 Å². The number of hydrogen-bond acceptors (Lipinski definition) is 4. The number of hydrogen-bond donors (Lipinski definition) is 1. The highest BCUT2D eigenvalue weighted by molar-refractivity contribution is 6.34. The molecule has 0 aromatic heterocycles. The van der Waals surface area contributed by atoms with Gasteiger partial charge < -0.3 is 19.7 Å². The van der Waals surface area contributed by atoms with Crippen LogP contribution in [0, 0.1) is 5.82 Å². The number of anilines is 2. The molecule has 1 heterocycles. The summed E-state index contributed by atoms with van der Waals surface area (Å²) >= 11 is 5.96. The van der Waals surface area contributed by atoms with Gasteiger partial charge in [-0.05, 0) is 30.3 Å². The van der Waals surface area contributed by atoms with Crippen LogP contribution in [0.15, 0.2) is 36.4 Å². The Morgan fingerprint density at radius 2 is 2.04 bits per heavy atom. The van der Waals surface area contributed by atoms with Crippen molar-refractivity contribution in [2.45, 2.75) is 0 Å². The fourth-order valence-electron chi connectivity index (χ4n) is 2.71. The number of nitrogens with one attached hydrogen (secondary N) is 1. The van der Waals surface area contributed by atoms with E-state index >= 15 is 0 Å². The maximum atomic E-state index is 14.0. The van der Waals surface area contributed by atoms with Crippen molar-refractivity contribution in [3.05, 3.63) is 52.8 Å². The lowest BCUT2D eigenvalue weighted by Gasteiger charge is -2.29. The highest BCUT2D eigenvalue weighted by Crippen LogP contribution is 2.31. The van der Waals surface area contributed by atoms with Crippen molar-refractivity contribution in [3.8, 4) is 5.75 Å². The monoisotopic (exact) mass is 364 g/mol. The van der Waals surface area contributed by atoms with E-state index in [1.165, 1.54) is 25.3 Å². The average Bonchev–Trinajstić information content (AvgIpc) is 2.62. The normalized spacial score (nSPS) is 14.3. The first kappa shape index (κ1) is 17.5. The van der Waals surface area contributed by atoms with Crippen LogP contribution in [0.3, 0.4) is 0 Å². The second-order valence-electron chi connectivity index (χ2n) is 5.53. The van der Waals surface area contributed by atoms with Crippen LogP contribution >= 0.6 is 11.6 Å². The third-order valence-electron chi connectivity index (χ3n) is 4.00. The van der Waals surface area contributed by atoms with Crippen molar-refractivity contribution < 1.29 is 18.7 Å². The van der Waals surface area contributed by atoms with Gasteiger partial charge in [-0.25, -0.2) is 4.39 Å². The summed E-state index contributed by atoms with van der Waals surface area (Å²) in [4.78, 5) is 14.6. The first-order valence-corrected chi connectivity index (χ1v) is 8.24. The van der Waals surface area contributed by atoms with Gasteiger partial charge in [-0.2, -0.15) is 0 Å². The van der Waals surface area contributed by atoms with Crippen molar-refractivity contribution in [2.24, 2.45) is 0 Å². The number of carbonyl (C=O) groups is 1. The van der Waals surface area contributed by atoms with Crippen molar-refractivity contribution in [1.29, 1.82) is 0 Å². The van der Waals surface area contributed by atoms with Crippen molar-refractivity contribution in [1.82, 2.24) is 0 Å². The number of ether oxygens (including phenoxy) is 2. The zero-order valence-corrected chi connectivity index (χ0v) is 14.5. The molecule has 2 aromatic rings. The lowest BCUT2D eigenvalue weighted by atomic mass is 10.1. The molecule has 5 nitrogen and oxygen atoms in total. The summed E-state index contributed by atoms with van der Waals surface area (Å²) in [5.41, 5.74) is 1.19. The molecule has 0 spiro atoms. The van der Waals surface area contributed by atoms with Crippen molar-refractivity contribution in [2.75, 3.05) is 43.6 Å². The fourth-order valence-corrected chi connectivity index (χ4v) is 2.96. The Kier molecular flexibility index (Phi) is 5.40. The van der Waals surface area contributed by atoms with Crippen molar-refractivity contribution >= 4 is 28.9 Å². The Morgan fingerprint density at radius 3 is 2.72 bits per heavy atom. The number of methoxy groups -OCH3 is 1. The number of rotatable bonds is 4. The molecule has 1 N–H and O–H groups in total. The van der Waals surface area contributed by atoms with Crippen LogP contribution in [-0.4, -0.2) is 39.3 Å². The minimum absolute atomic E-state index is 0.0563. The van der Waals surface area contributed by atoms with Gasteiger partial charge in [0.25, 0.3) is 5.91 Å². The second-order valence-corrected chi connectivity index (χ2v) is 5.94. The molecule has 0 radical (unpaired) electrons. The van der Waals surface area contributed by atoms with E-state index in [0.29, 0.717) is 24.7 Å². The van der Waals surface area contributed by atoms with E-state index in [2.05, 4.69) is 10.2 Å². The molecule has 1 saturated heterocycles. The van der Waals surface area contributed by atoms with Crippen LogP contribution in [0.5, 0.6) is 5.75 Å². The summed E-state index contributed by atoms with van der Waals surface area (Å²) < 4.78 is 24.6. The molecule has 25 heavy (non-hydrogen) atoms. The molecule has 1 aliphatic heterocycles. The largest absolute Gasteiger partial charge is 0.495 e. The van der Waals surface area contributed by atoms with E-state index in [0.717, 1.165) is 18.8 Å². The maximum Gasteiger partial charge on any atom is 0.260 e. The quantitative estimate of drug-likeness (QED) is 0.901. The van der Waals surface area contributed by atoms with Crippen LogP contribution in [0.1, 0.15) is 10.4 Å². The number of nitrogens with zero attached hydrogens (tertiary/aromatic N) is 1. The molecule has 1 amide bonds. The first-order chi connectivity index (χ1) is 12.1. The third kappa shape index (κ3) is 3.86. The number of morpholine rings is 1. The molecule has 3 rings (SSSR count). The standard InChI is InChI=1S/C18H18ClFN2O3/c1-24-16-6-5-12(22-7-9-25-10-8-22)11-15(16)21-18(23)17-13(19)3-2-4-14(17)20/h2-6,11H,7-10H2,1H3,(H,21,23). The van der Waals surface area contributed by atoms with Gasteiger partial charge in [0.05, 0.1) is 36.6 Å². The SMILES string of the molecule is COc1ccc(N2CCOCC2)cc1NC(=O)c1c(F)cccc1Cl. The summed E-state index contributed by atoms with van der Waals surface area (Å²) in [6, 6.07) is 9.60. The molecule has 0 aliphatic carbocycles. The van der Waals surface area contributed by atoms with E-state index < -0.39 is 11.7 Å². The van der Waals surface area contributed by atoms with Crippen LogP contribution in [0.4, 0.5) is 15.8 Å². The van der Waals surface area contributed by atoms with Gasteiger partial charge in [-0.15, -0.1) is 0 Å². The summed E-state index contributed by atoms with van der Waals surface area (Å²) in [6.45, 7) is 2.83. The molecule has 0 unspecified atom stereocenters. The van der Waals surface area contributed by atoms with Crippen LogP contribution in [-0.2, 0) is 4.74 Å². The lowest BCUT2D eigenvalue weighted by Crippen LogP contribution is -2.36. The molecular weight excluding hydrogens is 347 g/mol. The van der Waals surface area contributed by atoms with Gasteiger partial charge in [-0.1, -0.05) is 17.7 Å². The van der Waals surface area contributed by atoms with E-state index in [1.807, 2.05) is 6.07 Å². The molecule has 2 aromatic carbocycles. The third-order valence-corrected chi connectivity index (χ3v) is 4.31. The number of halogens is 2. The molecule has 0 saturated carbocycles.